The molecular formula is C64H109Br2FN4O9. The second kappa shape index (κ2) is 53.5. The molecule has 7 unspecified atom stereocenters. The summed E-state index contributed by atoms with van der Waals surface area (Å²) in [5, 5.41) is 18.9. The smallest absolute Gasteiger partial charge is 0.469 e. The van der Waals surface area contributed by atoms with Crippen LogP contribution in [0.4, 0.5) is 14.9 Å². The summed E-state index contributed by atoms with van der Waals surface area (Å²) >= 11 is 6.76. The van der Waals surface area contributed by atoms with Gasteiger partial charge in [-0.15, -0.1) is 4.39 Å². The summed E-state index contributed by atoms with van der Waals surface area (Å²) in [6, 6.07) is 7.67. The SMILES string of the molecule is C=C/C=C(CC)\C(Br)=C/C.C=C/C=C\C.C=O.CC.CC.CC.CC.CC.CC1CC2C3CCC4=CCc5[nH]ncc5CC4(C)C3C(O)CC2(C)[C@@H]1OC(=O)F.CCC(=O)OC.CCC(=O)OCC(C)=O.NNc1ccccc1Br. The van der Waals surface area contributed by atoms with E-state index in [-0.39, 0.29) is 47.0 Å². The number of anilines is 1. The van der Waals surface area contributed by atoms with E-state index in [0.29, 0.717) is 31.1 Å². The molecule has 0 aliphatic heterocycles. The molecule has 80 heavy (non-hydrogen) atoms. The Morgan fingerprint density at radius 3 is 1.90 bits per heavy atom. The van der Waals surface area contributed by atoms with Crippen LogP contribution in [0.5, 0.6) is 0 Å². The first-order chi connectivity index (χ1) is 38.2. The lowest BCUT2D eigenvalue weighted by atomic mass is 9.47. The van der Waals surface area contributed by atoms with Crippen LogP contribution in [0.25, 0.3) is 0 Å². The van der Waals surface area contributed by atoms with Gasteiger partial charge in [0.1, 0.15) is 19.5 Å². The molecule has 0 amide bonds. The standard InChI is InChI=1S/C23H31FN2O3.C9H13Br.C6H7BrN2.C6H10O3.C5H8.C4H8O2.5C2H6.CH2O/c1-12-8-16-15-6-4-14-5-7-17-13(11-25-26-17)9-22(14,2)19(15)18(27)10-23(16,3)20(12)29-21(24)28;1-4-7-8(5-2)9(10)6-3;7-5-3-1-2-4-6(5)9-8;1-3-6(8)9-4-5(2)7;1-3-5-4-2;1-3-4(5)6-2;6*1-2/h5,11-12,15-16,18-20,27H,4,6-10H2,1-3H3,(H,25,26);4,6-7H,1,5H2,2-3H3;1-4,9H,8H2;3-4H2,1-2H3;3-5H,1H2,2H3;3H2,1-2H3;5*1-2H3;1H2/b;8-7-,9-6+;;;5-4-;;;;;;;/t12?,15?,16?,18?,19?,20-,22?,23?;;;;;;;;;;;/m1.........../s1. The number of aromatic nitrogens is 2. The Labute approximate surface area is 502 Å². The van der Waals surface area contributed by atoms with Crippen molar-refractivity contribution in [3.8, 4) is 0 Å². The number of allylic oxidation sites excluding steroid dienone is 10. The number of carbonyl (C=O) groups is 5. The van der Waals surface area contributed by atoms with Gasteiger partial charge in [0.15, 0.2) is 5.78 Å². The van der Waals surface area contributed by atoms with Crippen LogP contribution in [0.3, 0.4) is 0 Å². The number of carbonyl (C=O) groups excluding carboxylic acids is 5. The number of methoxy groups -OCH3 is 1. The van der Waals surface area contributed by atoms with Gasteiger partial charge in [0.25, 0.3) is 0 Å². The molecular weight excluding hydrogens is 1150 g/mol. The minimum Gasteiger partial charge on any atom is -0.469 e. The first-order valence-corrected chi connectivity index (χ1v) is 30.2. The van der Waals surface area contributed by atoms with E-state index in [0.717, 1.165) is 53.2 Å². The molecule has 3 saturated carbocycles. The summed E-state index contributed by atoms with van der Waals surface area (Å²) in [4.78, 5) is 49.6. The maximum atomic E-state index is 13.2. The number of hydrazine groups is 1. The zero-order valence-corrected chi connectivity index (χ0v) is 56.1. The number of nitrogens with one attached hydrogen (secondary N) is 2. The third-order valence-electron chi connectivity index (χ3n) is 12.9. The largest absolute Gasteiger partial charge is 0.495 e. The number of nitrogen functional groups attached to an aromatic ring is 1. The minimum atomic E-state index is -1.70. The average Bonchev–Trinajstić information content (AvgIpc) is 3.98. The van der Waals surface area contributed by atoms with Crippen molar-refractivity contribution >= 4 is 68.3 Å². The van der Waals surface area contributed by atoms with Gasteiger partial charge in [-0.1, -0.05) is 200 Å². The van der Waals surface area contributed by atoms with Gasteiger partial charge >= 0.3 is 18.2 Å². The number of nitrogens with two attached hydrogens (primary N) is 1. The van der Waals surface area contributed by atoms with E-state index in [1.54, 1.807) is 19.9 Å². The number of hydrogen-bond donors (Lipinski definition) is 4. The number of nitrogens with zero attached hydrogens (tertiary/aromatic N) is 1. The van der Waals surface area contributed by atoms with Crippen LogP contribution >= 0.6 is 31.9 Å². The van der Waals surface area contributed by atoms with Crippen molar-refractivity contribution < 1.29 is 47.7 Å². The van der Waals surface area contributed by atoms with Crippen molar-refractivity contribution in [1.82, 2.24) is 10.2 Å². The number of halogens is 3. The van der Waals surface area contributed by atoms with Gasteiger partial charge < -0.3 is 29.5 Å². The fraction of sp³-hybridized carbons (Fsp3) is 0.594. The lowest BCUT2D eigenvalue weighted by molar-refractivity contribution is -0.147. The van der Waals surface area contributed by atoms with Crippen LogP contribution in [0.1, 0.15) is 188 Å². The van der Waals surface area contributed by atoms with Crippen LogP contribution in [-0.4, -0.2) is 72.0 Å². The molecule has 13 nitrogen and oxygen atoms in total. The summed E-state index contributed by atoms with van der Waals surface area (Å²) in [6.07, 6.45) is 20.3. The highest BCUT2D eigenvalue weighted by Crippen LogP contribution is 2.66. The van der Waals surface area contributed by atoms with Crippen molar-refractivity contribution in [3.63, 3.8) is 0 Å². The molecule has 5 N–H and O–H groups in total. The summed E-state index contributed by atoms with van der Waals surface area (Å²) in [5.74, 6) is 5.51. The van der Waals surface area contributed by atoms with Gasteiger partial charge in [0, 0.05) is 39.3 Å². The van der Waals surface area contributed by atoms with Gasteiger partial charge in [0.2, 0.25) is 0 Å². The Morgan fingerprint density at radius 2 is 1.50 bits per heavy atom. The van der Waals surface area contributed by atoms with Crippen molar-refractivity contribution in [1.29, 1.82) is 0 Å². The van der Waals surface area contributed by atoms with Crippen molar-refractivity contribution in [2.24, 2.45) is 40.3 Å². The minimum absolute atomic E-state index is 0.0906. The van der Waals surface area contributed by atoms with Gasteiger partial charge in [-0.25, -0.2) is 4.79 Å². The van der Waals surface area contributed by atoms with E-state index in [1.165, 1.54) is 36.4 Å². The Kier molecular flexibility index (Phi) is 57.9. The monoisotopic (exact) mass is 1250 g/mol. The number of para-hydroxylation sites is 1. The number of ether oxygens (including phenoxy) is 3. The maximum Gasteiger partial charge on any atom is 0.495 e. The van der Waals surface area contributed by atoms with Crippen LogP contribution in [0.2, 0.25) is 0 Å². The maximum absolute atomic E-state index is 13.2. The van der Waals surface area contributed by atoms with E-state index in [2.05, 4.69) is 104 Å². The molecule has 0 spiro atoms. The number of aliphatic hydroxyl groups is 1. The van der Waals surface area contributed by atoms with Crippen LogP contribution in [-0.2, 0) is 46.2 Å². The molecule has 2 aromatic rings. The van der Waals surface area contributed by atoms with Crippen LogP contribution in [0, 0.1) is 34.5 Å². The quantitative estimate of drug-likeness (QED) is 0.0334. The van der Waals surface area contributed by atoms with Crippen molar-refractivity contribution in [3.05, 3.63) is 118 Å². The molecule has 3 fully saturated rings. The fourth-order valence-electron chi connectivity index (χ4n) is 9.84. The highest BCUT2D eigenvalue weighted by atomic mass is 79.9. The molecule has 460 valence electrons. The summed E-state index contributed by atoms with van der Waals surface area (Å²) in [6.45, 7) is 46.4. The molecule has 0 bridgehead atoms. The van der Waals surface area contributed by atoms with E-state index < -0.39 is 18.4 Å². The lowest BCUT2D eigenvalue weighted by Gasteiger charge is -2.58. The molecule has 1 heterocycles. The molecule has 1 aromatic heterocycles. The molecule has 0 radical (unpaired) electrons. The second-order valence-corrected chi connectivity index (χ2v) is 19.2. The van der Waals surface area contributed by atoms with Gasteiger partial charge in [-0.2, -0.15) is 5.10 Å². The first kappa shape index (κ1) is 86.5. The predicted molar refractivity (Wildman–Crippen MR) is 342 cm³/mol. The normalized spacial score (nSPS) is 21.9. The lowest BCUT2D eigenvalue weighted by Crippen LogP contribution is -2.57. The Balaban J connectivity index is -0.000000224. The third-order valence-corrected chi connectivity index (χ3v) is 14.6. The van der Waals surface area contributed by atoms with Gasteiger partial charge in [0.05, 0.1) is 25.1 Å². The highest BCUT2D eigenvalue weighted by molar-refractivity contribution is 9.12. The van der Waals surface area contributed by atoms with Crippen molar-refractivity contribution in [2.45, 2.75) is 202 Å². The second-order valence-electron chi connectivity index (χ2n) is 17.5. The molecule has 16 heteroatoms. The number of esters is 2. The van der Waals surface area contributed by atoms with E-state index in [9.17, 15) is 28.7 Å². The molecule has 1 aromatic carbocycles. The summed E-state index contributed by atoms with van der Waals surface area (Å²) < 4.78 is 29.2. The first-order valence-electron chi connectivity index (χ1n) is 28.6. The van der Waals surface area contributed by atoms with E-state index in [4.69, 9.17) is 15.4 Å². The highest BCUT2D eigenvalue weighted by Gasteiger charge is 2.64. The zero-order chi connectivity index (χ0) is 63.6. The van der Waals surface area contributed by atoms with E-state index >= 15 is 0 Å². The molecule has 4 aliphatic carbocycles. The zero-order valence-electron chi connectivity index (χ0n) is 53.0. The van der Waals surface area contributed by atoms with Gasteiger partial charge in [-0.3, -0.25) is 25.3 Å². The third kappa shape index (κ3) is 31.4. The summed E-state index contributed by atoms with van der Waals surface area (Å²) in [7, 11) is 1.38. The van der Waals surface area contributed by atoms with Crippen LogP contribution in [0.15, 0.2) is 106 Å². The number of benzene rings is 1. The average molecular weight is 1260 g/mol. The Hall–Kier alpha value is -4.77. The number of rotatable bonds is 10. The van der Waals surface area contributed by atoms with Crippen molar-refractivity contribution in [2.75, 3.05) is 19.1 Å². The number of aliphatic hydroxyl groups excluding tert-OH is 1. The number of hydrogen-bond acceptors (Lipinski definition) is 12. The number of H-pyrrole nitrogens is 1. The number of ketones is 1. The number of Topliss-reactive ketones (excluding diaryl/α,β-unsaturated/α-hetero) is 1. The van der Waals surface area contributed by atoms with Crippen LogP contribution < -0.4 is 11.3 Å². The Bertz CT molecular complexity index is 2090. The number of aromatic amines is 1. The number of fused-ring (bicyclic) bond motifs is 6. The molecule has 6 rings (SSSR count). The summed E-state index contributed by atoms with van der Waals surface area (Å²) in [5.41, 5.74) is 8.17. The van der Waals surface area contributed by atoms with E-state index in [1.807, 2.05) is 151 Å². The molecule has 8 atom stereocenters. The molecule has 0 saturated heterocycles. The predicted octanol–water partition coefficient (Wildman–Crippen LogP) is 17.7. The Morgan fingerprint density at radius 1 is 0.938 bits per heavy atom. The van der Waals surface area contributed by atoms with Gasteiger partial charge in [-0.05, 0) is 128 Å². The molecule has 4 aliphatic rings. The topological polar surface area (TPSA) is 200 Å². The fourth-order valence-corrected chi connectivity index (χ4v) is 10.7.